The van der Waals surface area contributed by atoms with E-state index in [1.54, 1.807) is 29.7 Å². The van der Waals surface area contributed by atoms with Crippen LogP contribution in [-0.4, -0.2) is 23.0 Å². The average Bonchev–Trinajstić information content (AvgIpc) is 3.15. The van der Waals surface area contributed by atoms with E-state index in [0.29, 0.717) is 18.0 Å². The Morgan fingerprint density at radius 3 is 2.87 bits per heavy atom. The lowest BCUT2D eigenvalue weighted by atomic mass is 10.1. The molecule has 1 amide bonds. The smallest absolute Gasteiger partial charge is 0.253 e. The quantitative estimate of drug-likeness (QED) is 0.783. The number of nitrogens with one attached hydrogen (secondary N) is 1. The number of nitrogens with zero attached hydrogens (tertiary/aromatic N) is 2. The van der Waals surface area contributed by atoms with Crippen LogP contribution in [0.5, 0.6) is 5.88 Å². The molecule has 0 aliphatic rings. The van der Waals surface area contributed by atoms with E-state index < -0.39 is 0 Å². The lowest BCUT2D eigenvalue weighted by Gasteiger charge is -2.07. The Morgan fingerprint density at radius 1 is 1.26 bits per heavy atom. The Labute approximate surface area is 138 Å². The van der Waals surface area contributed by atoms with Crippen LogP contribution in [0.3, 0.4) is 0 Å². The summed E-state index contributed by atoms with van der Waals surface area (Å²) >= 11 is 1.63. The van der Waals surface area contributed by atoms with Crippen LogP contribution < -0.4 is 10.1 Å². The molecule has 0 bridgehead atoms. The molecule has 0 unspecified atom stereocenters. The summed E-state index contributed by atoms with van der Waals surface area (Å²) in [5.74, 6) is 0.310. The second kappa shape index (κ2) is 7.02. The van der Waals surface area contributed by atoms with E-state index in [1.807, 2.05) is 29.0 Å². The zero-order chi connectivity index (χ0) is 16.1. The van der Waals surface area contributed by atoms with Crippen LogP contribution in [0.1, 0.15) is 15.9 Å². The van der Waals surface area contributed by atoms with Crippen molar-refractivity contribution >= 4 is 17.2 Å². The molecule has 0 aliphatic heterocycles. The molecule has 0 aromatic carbocycles. The summed E-state index contributed by atoms with van der Waals surface area (Å²) in [6.07, 6.45) is 3.25. The predicted octanol–water partition coefficient (Wildman–Crippen LogP) is 3.14. The van der Waals surface area contributed by atoms with E-state index in [1.165, 1.54) is 13.3 Å². The van der Waals surface area contributed by atoms with Gasteiger partial charge in [-0.05, 0) is 35.2 Å². The Morgan fingerprint density at radius 2 is 2.17 bits per heavy atom. The van der Waals surface area contributed by atoms with Crippen molar-refractivity contribution in [1.82, 2.24) is 15.3 Å². The fraction of sp³-hybridized carbons (Fsp3) is 0.118. The molecule has 0 atom stereocenters. The van der Waals surface area contributed by atoms with Crippen LogP contribution in [0.2, 0.25) is 0 Å². The lowest BCUT2D eigenvalue weighted by molar-refractivity contribution is 0.0950. The number of thiophene rings is 1. The highest BCUT2D eigenvalue weighted by atomic mass is 32.1. The standard InChI is InChI=1S/C17H15N3O2S/c1-22-16-3-2-13(10-19-16)17(21)20-9-12-4-6-18-15(8-12)14-5-7-23-11-14/h2-8,10-11H,9H2,1H3,(H,20,21). The number of carbonyl (C=O) groups is 1. The maximum Gasteiger partial charge on any atom is 0.253 e. The average molecular weight is 325 g/mol. The highest BCUT2D eigenvalue weighted by molar-refractivity contribution is 7.08. The van der Waals surface area contributed by atoms with Crippen LogP contribution in [0.15, 0.2) is 53.5 Å². The highest BCUT2D eigenvalue weighted by Gasteiger charge is 2.07. The highest BCUT2D eigenvalue weighted by Crippen LogP contribution is 2.20. The molecule has 116 valence electrons. The minimum absolute atomic E-state index is 0.172. The Kier molecular flexibility index (Phi) is 4.63. The summed E-state index contributed by atoms with van der Waals surface area (Å²) in [6.45, 7) is 0.435. The van der Waals surface area contributed by atoms with Crippen molar-refractivity contribution in [2.24, 2.45) is 0 Å². The van der Waals surface area contributed by atoms with Gasteiger partial charge in [-0.3, -0.25) is 9.78 Å². The first-order valence-electron chi connectivity index (χ1n) is 7.02. The molecule has 0 saturated carbocycles. The Bertz CT molecular complexity index is 786. The number of pyridine rings is 2. The van der Waals surface area contributed by atoms with Gasteiger partial charge in [0.1, 0.15) is 0 Å². The molecule has 0 spiro atoms. The van der Waals surface area contributed by atoms with Crippen molar-refractivity contribution in [1.29, 1.82) is 0 Å². The van der Waals surface area contributed by atoms with Gasteiger partial charge in [-0.1, -0.05) is 0 Å². The maximum atomic E-state index is 12.1. The second-order valence-corrected chi connectivity index (χ2v) is 5.61. The number of hydrogen-bond acceptors (Lipinski definition) is 5. The summed E-state index contributed by atoms with van der Waals surface area (Å²) in [6, 6.07) is 9.25. The van der Waals surface area contributed by atoms with Gasteiger partial charge >= 0.3 is 0 Å². The molecule has 0 aliphatic carbocycles. The summed E-state index contributed by atoms with van der Waals surface area (Å²) in [5.41, 5.74) is 3.49. The zero-order valence-electron chi connectivity index (χ0n) is 12.5. The van der Waals surface area contributed by atoms with E-state index in [4.69, 9.17) is 4.74 Å². The summed E-state index contributed by atoms with van der Waals surface area (Å²) in [5, 5.41) is 6.95. The van der Waals surface area contributed by atoms with Gasteiger partial charge < -0.3 is 10.1 Å². The maximum absolute atomic E-state index is 12.1. The van der Waals surface area contributed by atoms with Gasteiger partial charge in [-0.15, -0.1) is 0 Å². The minimum Gasteiger partial charge on any atom is -0.481 e. The minimum atomic E-state index is -0.172. The van der Waals surface area contributed by atoms with Crippen LogP contribution in [0.25, 0.3) is 11.3 Å². The van der Waals surface area contributed by atoms with Crippen molar-refractivity contribution < 1.29 is 9.53 Å². The van der Waals surface area contributed by atoms with Crippen LogP contribution >= 0.6 is 11.3 Å². The Balaban J connectivity index is 1.65. The lowest BCUT2D eigenvalue weighted by Crippen LogP contribution is -2.22. The third-order valence-corrected chi connectivity index (χ3v) is 3.99. The second-order valence-electron chi connectivity index (χ2n) is 4.83. The van der Waals surface area contributed by atoms with E-state index in [9.17, 15) is 4.79 Å². The first kappa shape index (κ1) is 15.2. The molecule has 6 heteroatoms. The van der Waals surface area contributed by atoms with Crippen molar-refractivity contribution in [3.8, 4) is 17.1 Å². The molecule has 0 saturated heterocycles. The van der Waals surface area contributed by atoms with Gasteiger partial charge in [0.25, 0.3) is 5.91 Å². The molecule has 1 N–H and O–H groups in total. The first-order valence-corrected chi connectivity index (χ1v) is 7.96. The normalized spacial score (nSPS) is 10.3. The van der Waals surface area contributed by atoms with E-state index >= 15 is 0 Å². The number of rotatable bonds is 5. The topological polar surface area (TPSA) is 64.1 Å². The molecule has 3 aromatic rings. The number of amides is 1. The number of aromatic nitrogens is 2. The summed E-state index contributed by atoms with van der Waals surface area (Å²) < 4.78 is 4.98. The SMILES string of the molecule is COc1ccc(C(=O)NCc2ccnc(-c3ccsc3)c2)cn1. The van der Waals surface area contributed by atoms with Gasteiger partial charge in [-0.2, -0.15) is 11.3 Å². The third-order valence-electron chi connectivity index (χ3n) is 3.30. The van der Waals surface area contributed by atoms with Crippen molar-refractivity contribution in [3.05, 3.63) is 64.6 Å². The van der Waals surface area contributed by atoms with Crippen LogP contribution in [-0.2, 0) is 6.54 Å². The van der Waals surface area contributed by atoms with Gasteiger partial charge in [0.05, 0.1) is 18.4 Å². The molecule has 23 heavy (non-hydrogen) atoms. The van der Waals surface area contributed by atoms with Gasteiger partial charge in [-0.25, -0.2) is 4.98 Å². The molecule has 3 heterocycles. The van der Waals surface area contributed by atoms with Crippen LogP contribution in [0.4, 0.5) is 0 Å². The van der Waals surface area contributed by atoms with E-state index in [2.05, 4.69) is 15.3 Å². The fourth-order valence-electron chi connectivity index (χ4n) is 2.07. The summed E-state index contributed by atoms with van der Waals surface area (Å²) in [7, 11) is 1.54. The van der Waals surface area contributed by atoms with Gasteiger partial charge in [0, 0.05) is 35.9 Å². The fourth-order valence-corrected chi connectivity index (χ4v) is 2.72. The van der Waals surface area contributed by atoms with Crippen molar-refractivity contribution in [2.75, 3.05) is 7.11 Å². The summed E-state index contributed by atoms with van der Waals surface area (Å²) in [4.78, 5) is 20.5. The van der Waals surface area contributed by atoms with Gasteiger partial charge in [0.2, 0.25) is 5.88 Å². The largest absolute Gasteiger partial charge is 0.481 e. The zero-order valence-corrected chi connectivity index (χ0v) is 13.3. The number of ether oxygens (including phenoxy) is 1. The molecule has 0 radical (unpaired) electrons. The number of hydrogen-bond donors (Lipinski definition) is 1. The number of methoxy groups -OCH3 is 1. The monoisotopic (exact) mass is 325 g/mol. The molecular formula is C17H15N3O2S. The van der Waals surface area contributed by atoms with Crippen LogP contribution in [0, 0.1) is 0 Å². The molecule has 3 aromatic heterocycles. The molecular weight excluding hydrogens is 310 g/mol. The predicted molar refractivity (Wildman–Crippen MR) is 89.5 cm³/mol. The van der Waals surface area contributed by atoms with Crippen molar-refractivity contribution in [2.45, 2.75) is 6.54 Å². The first-order chi connectivity index (χ1) is 11.3. The third kappa shape index (κ3) is 3.73. The molecule has 5 nitrogen and oxygen atoms in total. The molecule has 3 rings (SSSR count). The van der Waals surface area contributed by atoms with E-state index in [0.717, 1.165) is 16.8 Å². The molecule has 0 fully saturated rings. The van der Waals surface area contributed by atoms with E-state index in [-0.39, 0.29) is 5.91 Å². The van der Waals surface area contributed by atoms with Crippen molar-refractivity contribution in [3.63, 3.8) is 0 Å². The number of carbonyl (C=O) groups excluding carboxylic acids is 1. The Hall–Kier alpha value is -2.73. The van der Waals surface area contributed by atoms with Gasteiger partial charge in [0.15, 0.2) is 0 Å².